The van der Waals surface area contributed by atoms with Crippen molar-refractivity contribution in [3.05, 3.63) is 42.7 Å². The smallest absolute Gasteiger partial charge is 0.225 e. The highest BCUT2D eigenvalue weighted by Crippen LogP contribution is 2.31. The Labute approximate surface area is 111 Å². The fourth-order valence-electron chi connectivity index (χ4n) is 2.03. The number of aromatic nitrogens is 2. The zero-order valence-electron chi connectivity index (χ0n) is 10.7. The molecule has 19 heavy (non-hydrogen) atoms. The van der Waals surface area contributed by atoms with Gasteiger partial charge in [0.25, 0.3) is 0 Å². The van der Waals surface area contributed by atoms with E-state index in [0.29, 0.717) is 19.1 Å². The predicted octanol–water partition coefficient (Wildman–Crippen LogP) is 1.75. The van der Waals surface area contributed by atoms with Gasteiger partial charge < -0.3 is 14.4 Å². The van der Waals surface area contributed by atoms with Crippen LogP contribution in [0.4, 0.5) is 5.95 Å². The lowest BCUT2D eigenvalue weighted by Crippen LogP contribution is -2.40. The van der Waals surface area contributed by atoms with Crippen molar-refractivity contribution in [2.24, 2.45) is 0 Å². The van der Waals surface area contributed by atoms with Gasteiger partial charge in [0.2, 0.25) is 5.95 Å². The number of rotatable bonds is 3. The van der Waals surface area contributed by atoms with Gasteiger partial charge in [-0.3, -0.25) is 0 Å². The highest BCUT2D eigenvalue weighted by atomic mass is 16.6. The molecule has 0 N–H and O–H groups in total. The van der Waals surface area contributed by atoms with Crippen LogP contribution in [0.1, 0.15) is 0 Å². The standard InChI is InChI=1S/C14H15N3O2/c1-17(14-15-7-4-8-16-14)9-11-10-18-12-5-2-3-6-13(12)19-11/h2-8,11H,9-10H2,1H3/t11-/m1/s1. The molecule has 0 saturated heterocycles. The summed E-state index contributed by atoms with van der Waals surface area (Å²) in [6.45, 7) is 1.21. The molecule has 1 atom stereocenters. The van der Waals surface area contributed by atoms with E-state index in [1.54, 1.807) is 18.5 Å². The van der Waals surface area contributed by atoms with Crippen molar-refractivity contribution in [1.82, 2.24) is 9.97 Å². The topological polar surface area (TPSA) is 47.5 Å². The van der Waals surface area contributed by atoms with E-state index >= 15 is 0 Å². The Kier molecular flexibility index (Phi) is 3.18. The van der Waals surface area contributed by atoms with Gasteiger partial charge in [-0.15, -0.1) is 0 Å². The molecule has 5 heteroatoms. The van der Waals surface area contributed by atoms with Crippen LogP contribution < -0.4 is 14.4 Å². The summed E-state index contributed by atoms with van der Waals surface area (Å²) in [6.07, 6.45) is 3.43. The van der Waals surface area contributed by atoms with Crippen LogP contribution in [0.25, 0.3) is 0 Å². The van der Waals surface area contributed by atoms with Gasteiger partial charge in [0.05, 0.1) is 6.54 Å². The lowest BCUT2D eigenvalue weighted by atomic mass is 10.2. The van der Waals surface area contributed by atoms with Crippen LogP contribution in [-0.2, 0) is 0 Å². The highest BCUT2D eigenvalue weighted by molar-refractivity contribution is 5.41. The number of likely N-dealkylation sites (N-methyl/N-ethyl adjacent to an activating group) is 1. The van der Waals surface area contributed by atoms with Crippen LogP contribution in [0.5, 0.6) is 11.5 Å². The van der Waals surface area contributed by atoms with Gasteiger partial charge in [0, 0.05) is 19.4 Å². The predicted molar refractivity (Wildman–Crippen MR) is 71.7 cm³/mol. The van der Waals surface area contributed by atoms with Crippen molar-refractivity contribution in [1.29, 1.82) is 0 Å². The molecule has 2 heterocycles. The average molecular weight is 257 g/mol. The number of hydrogen-bond acceptors (Lipinski definition) is 5. The number of para-hydroxylation sites is 2. The number of ether oxygens (including phenoxy) is 2. The van der Waals surface area contributed by atoms with Crippen LogP contribution in [0.3, 0.4) is 0 Å². The largest absolute Gasteiger partial charge is 0.486 e. The third-order valence-corrected chi connectivity index (χ3v) is 2.94. The maximum absolute atomic E-state index is 5.90. The molecule has 0 aliphatic carbocycles. The molecule has 5 nitrogen and oxygen atoms in total. The molecule has 0 saturated carbocycles. The molecule has 0 amide bonds. The van der Waals surface area contributed by atoms with E-state index < -0.39 is 0 Å². The van der Waals surface area contributed by atoms with E-state index in [4.69, 9.17) is 9.47 Å². The Morgan fingerprint density at radius 1 is 1.16 bits per heavy atom. The lowest BCUT2D eigenvalue weighted by molar-refractivity contribution is 0.0958. The summed E-state index contributed by atoms with van der Waals surface area (Å²) in [4.78, 5) is 10.4. The Bertz CT molecular complexity index is 547. The molecule has 0 spiro atoms. The number of nitrogens with zero attached hydrogens (tertiary/aromatic N) is 3. The van der Waals surface area contributed by atoms with Gasteiger partial charge in [0.15, 0.2) is 17.6 Å². The van der Waals surface area contributed by atoms with Crippen LogP contribution in [0, 0.1) is 0 Å². The van der Waals surface area contributed by atoms with Crippen LogP contribution in [0.15, 0.2) is 42.7 Å². The maximum Gasteiger partial charge on any atom is 0.225 e. The van der Waals surface area contributed by atoms with Gasteiger partial charge in [-0.05, 0) is 18.2 Å². The number of hydrogen-bond donors (Lipinski definition) is 0. The van der Waals surface area contributed by atoms with E-state index in [1.807, 2.05) is 36.2 Å². The van der Waals surface area contributed by atoms with E-state index in [0.717, 1.165) is 11.5 Å². The van der Waals surface area contributed by atoms with Crippen molar-refractivity contribution >= 4 is 5.95 Å². The quantitative estimate of drug-likeness (QED) is 0.838. The van der Waals surface area contributed by atoms with Crippen LogP contribution in [-0.4, -0.2) is 36.3 Å². The summed E-state index contributed by atoms with van der Waals surface area (Å²) in [7, 11) is 1.94. The molecular weight excluding hydrogens is 242 g/mol. The molecule has 0 radical (unpaired) electrons. The van der Waals surface area contributed by atoms with Gasteiger partial charge in [-0.1, -0.05) is 12.1 Å². The first-order chi connectivity index (χ1) is 9.33. The molecule has 0 bridgehead atoms. The van der Waals surface area contributed by atoms with Crippen molar-refractivity contribution in [3.63, 3.8) is 0 Å². The molecule has 0 fully saturated rings. The van der Waals surface area contributed by atoms with Gasteiger partial charge in [-0.2, -0.15) is 0 Å². The molecule has 1 aromatic carbocycles. The Hall–Kier alpha value is -2.30. The van der Waals surface area contributed by atoms with Crippen molar-refractivity contribution in [2.45, 2.75) is 6.10 Å². The van der Waals surface area contributed by atoms with E-state index in [9.17, 15) is 0 Å². The summed E-state index contributed by atoms with van der Waals surface area (Å²) in [5.74, 6) is 2.28. The molecule has 2 aromatic rings. The van der Waals surface area contributed by atoms with Gasteiger partial charge in [0.1, 0.15) is 6.61 Å². The summed E-state index contributed by atoms with van der Waals surface area (Å²) in [6, 6.07) is 9.50. The third kappa shape index (κ3) is 2.59. The van der Waals surface area contributed by atoms with E-state index in [2.05, 4.69) is 9.97 Å². The fraction of sp³-hybridized carbons (Fsp3) is 0.286. The van der Waals surface area contributed by atoms with Crippen molar-refractivity contribution < 1.29 is 9.47 Å². The van der Waals surface area contributed by atoms with Crippen molar-refractivity contribution in [2.75, 3.05) is 25.1 Å². The molecule has 1 aliphatic rings. The molecule has 1 aromatic heterocycles. The minimum atomic E-state index is -0.0243. The first kappa shape index (κ1) is 11.8. The number of fused-ring (bicyclic) bond motifs is 1. The Morgan fingerprint density at radius 3 is 2.68 bits per heavy atom. The van der Waals surface area contributed by atoms with Crippen molar-refractivity contribution in [3.8, 4) is 11.5 Å². The van der Waals surface area contributed by atoms with Crippen LogP contribution in [0.2, 0.25) is 0 Å². The van der Waals surface area contributed by atoms with Crippen LogP contribution >= 0.6 is 0 Å². The minimum Gasteiger partial charge on any atom is -0.486 e. The Morgan fingerprint density at radius 2 is 1.89 bits per heavy atom. The lowest BCUT2D eigenvalue weighted by Gasteiger charge is -2.29. The summed E-state index contributed by atoms with van der Waals surface area (Å²) in [5, 5.41) is 0. The second-order valence-corrected chi connectivity index (χ2v) is 4.43. The second-order valence-electron chi connectivity index (χ2n) is 4.43. The summed E-state index contributed by atoms with van der Waals surface area (Å²) >= 11 is 0. The first-order valence-electron chi connectivity index (χ1n) is 6.19. The minimum absolute atomic E-state index is 0.0243. The first-order valence-corrected chi connectivity index (χ1v) is 6.19. The third-order valence-electron chi connectivity index (χ3n) is 2.94. The van der Waals surface area contributed by atoms with Gasteiger partial charge in [-0.25, -0.2) is 9.97 Å². The molecule has 98 valence electrons. The molecule has 1 aliphatic heterocycles. The summed E-state index contributed by atoms with van der Waals surface area (Å²) < 4.78 is 11.6. The maximum atomic E-state index is 5.90. The van der Waals surface area contributed by atoms with E-state index in [-0.39, 0.29) is 6.10 Å². The number of anilines is 1. The summed E-state index contributed by atoms with van der Waals surface area (Å²) in [5.41, 5.74) is 0. The zero-order valence-corrected chi connectivity index (χ0v) is 10.7. The average Bonchev–Trinajstić information content (AvgIpc) is 2.48. The van der Waals surface area contributed by atoms with E-state index in [1.165, 1.54) is 0 Å². The fourth-order valence-corrected chi connectivity index (χ4v) is 2.03. The number of benzene rings is 1. The van der Waals surface area contributed by atoms with Gasteiger partial charge >= 0.3 is 0 Å². The monoisotopic (exact) mass is 257 g/mol. The highest BCUT2D eigenvalue weighted by Gasteiger charge is 2.22. The molecular formula is C14H15N3O2. The normalized spacial score (nSPS) is 17.0. The SMILES string of the molecule is CN(C[C@@H]1COc2ccccc2O1)c1ncccn1. The molecule has 3 rings (SSSR count). The second kappa shape index (κ2) is 5.14. The Balaban J connectivity index is 1.66. The molecule has 0 unspecified atom stereocenters. The zero-order chi connectivity index (χ0) is 13.1.